The lowest BCUT2D eigenvalue weighted by molar-refractivity contribution is 0.363. The molecule has 6 nitrogen and oxygen atoms in total. The molecule has 0 unspecified atom stereocenters. The highest BCUT2D eigenvalue weighted by molar-refractivity contribution is 7.81. The highest BCUT2D eigenvalue weighted by Crippen LogP contribution is 2.35. The smallest absolute Gasteiger partial charge is 0.446 e. The second-order valence-corrected chi connectivity index (χ2v) is 6.74. The van der Waals surface area contributed by atoms with E-state index in [9.17, 15) is 13.5 Å². The van der Waals surface area contributed by atoms with Crippen molar-refractivity contribution >= 4 is 10.4 Å². The van der Waals surface area contributed by atoms with Crippen molar-refractivity contribution in [1.82, 2.24) is 0 Å². The number of methoxy groups -OCH3 is 1. The molecule has 1 rings (SSSR count). The van der Waals surface area contributed by atoms with Gasteiger partial charge in [0.15, 0.2) is 11.5 Å². The predicted molar refractivity (Wildman–Crippen MR) is 93.0 cm³/mol. The number of phenols is 1. The molecule has 0 aliphatic heterocycles. The fraction of sp³-hybridized carbons (Fsp3) is 0.412. The van der Waals surface area contributed by atoms with Crippen molar-refractivity contribution < 1.29 is 27.0 Å². The first-order valence-corrected chi connectivity index (χ1v) is 8.84. The van der Waals surface area contributed by atoms with Gasteiger partial charge in [0.2, 0.25) is 0 Å². The molecule has 24 heavy (non-hydrogen) atoms. The summed E-state index contributed by atoms with van der Waals surface area (Å²) >= 11 is 0. The van der Waals surface area contributed by atoms with Crippen LogP contribution >= 0.6 is 0 Å². The van der Waals surface area contributed by atoms with E-state index in [1.807, 2.05) is 26.8 Å². The molecule has 0 radical (unpaired) electrons. The van der Waals surface area contributed by atoms with E-state index in [0.717, 1.165) is 18.4 Å². The van der Waals surface area contributed by atoms with E-state index in [-0.39, 0.29) is 17.2 Å². The minimum Gasteiger partial charge on any atom is -0.504 e. The first-order valence-electron chi connectivity index (χ1n) is 7.48. The molecule has 134 valence electrons. The molecule has 0 spiro atoms. The fourth-order valence-corrected chi connectivity index (χ4v) is 2.43. The van der Waals surface area contributed by atoms with Gasteiger partial charge in [-0.25, -0.2) is 0 Å². The van der Waals surface area contributed by atoms with Gasteiger partial charge in [0, 0.05) is 11.6 Å². The number of hydrogen-bond donors (Lipinski definition) is 2. The monoisotopic (exact) mass is 356 g/mol. The zero-order valence-corrected chi connectivity index (χ0v) is 15.2. The topological polar surface area (TPSA) is 93.1 Å². The van der Waals surface area contributed by atoms with Crippen molar-refractivity contribution in [3.8, 4) is 17.2 Å². The van der Waals surface area contributed by atoms with Crippen LogP contribution in [0.3, 0.4) is 0 Å². The van der Waals surface area contributed by atoms with Gasteiger partial charge < -0.3 is 14.0 Å². The van der Waals surface area contributed by atoms with Crippen molar-refractivity contribution in [2.45, 2.75) is 40.0 Å². The summed E-state index contributed by atoms with van der Waals surface area (Å²) in [6, 6.07) is 2.55. The lowest BCUT2D eigenvalue weighted by atomic mass is 10.0. The summed E-state index contributed by atoms with van der Waals surface area (Å²) in [5, 5.41) is 10.1. The highest BCUT2D eigenvalue weighted by atomic mass is 32.3. The zero-order valence-electron chi connectivity index (χ0n) is 14.4. The predicted octanol–water partition coefficient (Wildman–Crippen LogP) is 3.82. The summed E-state index contributed by atoms with van der Waals surface area (Å²) in [5.41, 5.74) is 2.85. The molecular weight excluding hydrogens is 332 g/mol. The van der Waals surface area contributed by atoms with Gasteiger partial charge in [-0.3, -0.25) is 4.55 Å². The maximum Gasteiger partial charge on any atom is 0.446 e. The van der Waals surface area contributed by atoms with Gasteiger partial charge in [-0.05, 0) is 46.1 Å². The Kier molecular flexibility index (Phi) is 7.31. The summed E-state index contributed by atoms with van der Waals surface area (Å²) in [4.78, 5) is 0. The zero-order chi connectivity index (χ0) is 18.3. The Bertz CT molecular complexity index is 728. The van der Waals surface area contributed by atoms with Crippen LogP contribution in [0.15, 0.2) is 35.4 Å². The van der Waals surface area contributed by atoms with Crippen LogP contribution < -0.4 is 8.92 Å². The molecule has 2 N–H and O–H groups in total. The number of hydrogen-bond acceptors (Lipinski definition) is 5. The van der Waals surface area contributed by atoms with Gasteiger partial charge in [0.05, 0.1) is 7.11 Å². The number of aromatic hydroxyl groups is 1. The number of rotatable bonds is 8. The maximum atomic E-state index is 10.8. The average molecular weight is 356 g/mol. The van der Waals surface area contributed by atoms with Crippen LogP contribution in [0.4, 0.5) is 0 Å². The third-order valence-electron chi connectivity index (χ3n) is 3.31. The summed E-state index contributed by atoms with van der Waals surface area (Å²) in [6.45, 7) is 6.08. The van der Waals surface area contributed by atoms with Crippen molar-refractivity contribution in [3.05, 3.63) is 41.0 Å². The summed E-state index contributed by atoms with van der Waals surface area (Å²) in [5.74, 6) is -0.145. The minimum atomic E-state index is -4.64. The fourth-order valence-electron chi connectivity index (χ4n) is 2.09. The van der Waals surface area contributed by atoms with E-state index in [2.05, 4.69) is 10.3 Å². The van der Waals surface area contributed by atoms with Crippen LogP contribution in [0.1, 0.15) is 39.2 Å². The summed E-state index contributed by atoms with van der Waals surface area (Å²) < 4.78 is 39.9. The molecule has 0 saturated heterocycles. The lowest BCUT2D eigenvalue weighted by Crippen LogP contribution is -2.07. The van der Waals surface area contributed by atoms with Gasteiger partial charge in [-0.15, -0.1) is 0 Å². The molecule has 0 aliphatic rings. The number of phenolic OH excluding ortho intramolecular Hbond substituents is 1. The summed E-state index contributed by atoms with van der Waals surface area (Å²) in [7, 11) is -3.30. The Labute approximate surface area is 143 Å². The van der Waals surface area contributed by atoms with Crippen molar-refractivity contribution in [1.29, 1.82) is 0 Å². The second kappa shape index (κ2) is 8.75. The van der Waals surface area contributed by atoms with Crippen LogP contribution in [0.2, 0.25) is 0 Å². The van der Waals surface area contributed by atoms with Gasteiger partial charge >= 0.3 is 10.4 Å². The Hall–Kier alpha value is -1.99. The molecule has 1 aromatic rings. The Balaban J connectivity index is 2.97. The molecule has 7 heteroatoms. The van der Waals surface area contributed by atoms with Gasteiger partial charge in [0.25, 0.3) is 0 Å². The lowest BCUT2D eigenvalue weighted by Gasteiger charge is -2.11. The molecule has 0 atom stereocenters. The Morgan fingerprint density at radius 2 is 1.88 bits per heavy atom. The molecular formula is C17H24O6S. The number of benzene rings is 1. The van der Waals surface area contributed by atoms with Crippen molar-refractivity contribution in [2.75, 3.05) is 7.11 Å². The van der Waals surface area contributed by atoms with Crippen LogP contribution in [0.25, 0.3) is 0 Å². The molecule has 0 saturated carbocycles. The van der Waals surface area contributed by atoms with Crippen LogP contribution in [0.5, 0.6) is 17.2 Å². The van der Waals surface area contributed by atoms with Crippen LogP contribution in [-0.4, -0.2) is 25.2 Å². The largest absolute Gasteiger partial charge is 0.504 e. The van der Waals surface area contributed by atoms with E-state index in [1.54, 1.807) is 0 Å². The number of ether oxygens (including phenoxy) is 1. The van der Waals surface area contributed by atoms with Crippen LogP contribution in [0, 0.1) is 0 Å². The molecule has 0 aromatic heterocycles. The molecule has 1 aromatic carbocycles. The van der Waals surface area contributed by atoms with E-state index < -0.39 is 10.4 Å². The first kappa shape index (κ1) is 20.1. The second-order valence-electron chi connectivity index (χ2n) is 5.72. The minimum absolute atomic E-state index is 0.0711. The molecule has 0 fully saturated rings. The quantitative estimate of drug-likeness (QED) is 0.543. The van der Waals surface area contributed by atoms with Gasteiger partial charge in [0.1, 0.15) is 5.75 Å². The van der Waals surface area contributed by atoms with E-state index in [1.165, 1.54) is 24.8 Å². The van der Waals surface area contributed by atoms with Crippen LogP contribution in [-0.2, 0) is 16.8 Å². The summed E-state index contributed by atoms with van der Waals surface area (Å²) in [6.07, 6.45) is 6.31. The van der Waals surface area contributed by atoms with E-state index in [0.29, 0.717) is 12.0 Å². The first-order chi connectivity index (χ1) is 11.1. The number of allylic oxidation sites excluding steroid dienone is 4. The van der Waals surface area contributed by atoms with Crippen molar-refractivity contribution in [2.24, 2.45) is 0 Å². The van der Waals surface area contributed by atoms with E-state index >= 15 is 0 Å². The molecule has 0 bridgehead atoms. The molecule has 0 aliphatic carbocycles. The Morgan fingerprint density at radius 3 is 2.42 bits per heavy atom. The van der Waals surface area contributed by atoms with Gasteiger partial charge in [-0.2, -0.15) is 8.42 Å². The third-order valence-corrected chi connectivity index (χ3v) is 3.71. The standard InChI is InChI=1S/C17H24O6S/c1-12(2)6-5-7-13(3)8-9-14-10-15(23-24(19,20)21)11-16(22-4)17(14)18/h6,8,10-11,18H,5,7,9H2,1-4H3,(H,19,20,21)/b13-8+. The van der Waals surface area contributed by atoms with Gasteiger partial charge in [-0.1, -0.05) is 23.3 Å². The SMILES string of the molecule is COc1cc(OS(=O)(=O)O)cc(C/C=C(\C)CCC=C(C)C)c1O. The molecule has 0 amide bonds. The third kappa shape index (κ3) is 7.06. The normalized spacial score (nSPS) is 12.0. The highest BCUT2D eigenvalue weighted by Gasteiger charge is 2.14. The van der Waals surface area contributed by atoms with E-state index in [4.69, 9.17) is 9.29 Å². The maximum absolute atomic E-state index is 10.8. The average Bonchev–Trinajstić information content (AvgIpc) is 2.45. The Morgan fingerprint density at radius 1 is 1.21 bits per heavy atom. The van der Waals surface area contributed by atoms with Crippen molar-refractivity contribution in [3.63, 3.8) is 0 Å². The molecule has 0 heterocycles.